The Balaban J connectivity index is 1.49. The van der Waals surface area contributed by atoms with E-state index in [1.807, 2.05) is 42.5 Å². The van der Waals surface area contributed by atoms with Crippen molar-refractivity contribution in [1.29, 1.82) is 0 Å². The zero-order chi connectivity index (χ0) is 22.5. The van der Waals surface area contributed by atoms with Gasteiger partial charge in [0.05, 0.1) is 18.6 Å². The van der Waals surface area contributed by atoms with Crippen LogP contribution in [-0.2, 0) is 28.8 Å². The molecule has 32 heavy (non-hydrogen) atoms. The first-order valence-corrected chi connectivity index (χ1v) is 12.2. The fourth-order valence-electron chi connectivity index (χ4n) is 4.17. The maximum absolute atomic E-state index is 12.7. The zero-order valence-corrected chi connectivity index (χ0v) is 19.7. The van der Waals surface area contributed by atoms with Crippen LogP contribution in [0.4, 0.5) is 5.00 Å². The summed E-state index contributed by atoms with van der Waals surface area (Å²) in [7, 11) is 0. The number of carbonyl (C=O) groups is 2. The number of carbonyl (C=O) groups excluding carboxylic acids is 2. The first kappa shape index (κ1) is 22.4. The largest absolute Gasteiger partial charge is 0.462 e. The van der Waals surface area contributed by atoms with Gasteiger partial charge in [0.25, 0.3) is 0 Å². The molecule has 4 rings (SSSR count). The highest BCUT2D eigenvalue weighted by molar-refractivity contribution is 7.80. The number of thiophene rings is 1. The van der Waals surface area contributed by atoms with Gasteiger partial charge in [-0.2, -0.15) is 0 Å². The molecular formula is C25H26N2O3S2. The Hall–Kier alpha value is -2.77. The number of aryl methyl sites for hydroxylation is 1. The predicted octanol–water partition coefficient (Wildman–Crippen LogP) is 5.40. The molecule has 0 unspecified atom stereocenters. The molecule has 2 N–H and O–H groups in total. The van der Waals surface area contributed by atoms with Gasteiger partial charge >= 0.3 is 5.97 Å². The predicted molar refractivity (Wildman–Crippen MR) is 134 cm³/mol. The number of benzene rings is 2. The van der Waals surface area contributed by atoms with Crippen molar-refractivity contribution in [2.45, 2.75) is 45.4 Å². The molecule has 0 bridgehead atoms. The van der Waals surface area contributed by atoms with E-state index >= 15 is 0 Å². The van der Waals surface area contributed by atoms with Crippen molar-refractivity contribution in [1.82, 2.24) is 5.32 Å². The minimum Gasteiger partial charge on any atom is -0.462 e. The van der Waals surface area contributed by atoms with Crippen LogP contribution >= 0.6 is 23.6 Å². The van der Waals surface area contributed by atoms with Gasteiger partial charge in [-0.25, -0.2) is 4.79 Å². The van der Waals surface area contributed by atoms with Gasteiger partial charge in [0.15, 0.2) is 5.11 Å². The molecule has 1 aliphatic carbocycles. The monoisotopic (exact) mass is 466 g/mol. The summed E-state index contributed by atoms with van der Waals surface area (Å²) in [6.07, 6.45) is 5.36. The summed E-state index contributed by atoms with van der Waals surface area (Å²) in [6.45, 7) is 2.11. The topological polar surface area (TPSA) is 67.4 Å². The molecule has 0 saturated carbocycles. The Kier molecular flexibility index (Phi) is 7.17. The molecule has 1 aromatic heterocycles. The fourth-order valence-corrected chi connectivity index (χ4v) is 5.74. The zero-order valence-electron chi connectivity index (χ0n) is 18.0. The van der Waals surface area contributed by atoms with Gasteiger partial charge in [0.1, 0.15) is 5.00 Å². The van der Waals surface area contributed by atoms with Crippen LogP contribution in [-0.4, -0.2) is 23.6 Å². The van der Waals surface area contributed by atoms with Crippen molar-refractivity contribution in [3.63, 3.8) is 0 Å². The third-order valence-electron chi connectivity index (χ3n) is 5.61. The van der Waals surface area contributed by atoms with Crippen LogP contribution in [0, 0.1) is 0 Å². The Morgan fingerprint density at radius 2 is 1.84 bits per heavy atom. The molecule has 0 aliphatic heterocycles. The molecule has 1 amide bonds. The number of fused-ring (bicyclic) bond motifs is 2. The molecule has 0 spiro atoms. The van der Waals surface area contributed by atoms with Gasteiger partial charge in [-0.15, -0.1) is 11.3 Å². The second-order valence-corrected chi connectivity index (χ2v) is 9.32. The van der Waals surface area contributed by atoms with E-state index in [2.05, 4.69) is 10.6 Å². The van der Waals surface area contributed by atoms with Crippen LogP contribution in [0.5, 0.6) is 0 Å². The molecule has 0 atom stereocenters. The van der Waals surface area contributed by atoms with E-state index in [1.54, 1.807) is 6.92 Å². The van der Waals surface area contributed by atoms with Crippen LogP contribution in [0.25, 0.3) is 10.8 Å². The first-order chi connectivity index (χ1) is 15.6. The highest BCUT2D eigenvalue weighted by Crippen LogP contribution is 2.38. The maximum atomic E-state index is 12.7. The van der Waals surface area contributed by atoms with E-state index in [0.29, 0.717) is 17.2 Å². The van der Waals surface area contributed by atoms with Crippen molar-refractivity contribution < 1.29 is 14.3 Å². The van der Waals surface area contributed by atoms with Crippen LogP contribution < -0.4 is 10.6 Å². The number of thiocarbonyl (C=S) groups is 1. The molecule has 1 aliphatic rings. The van der Waals surface area contributed by atoms with Gasteiger partial charge in [-0.1, -0.05) is 48.9 Å². The number of anilines is 1. The number of rotatable bonds is 5. The highest BCUT2D eigenvalue weighted by atomic mass is 32.1. The van der Waals surface area contributed by atoms with Crippen molar-refractivity contribution >= 4 is 56.3 Å². The lowest BCUT2D eigenvalue weighted by molar-refractivity contribution is -0.119. The molecule has 2 aromatic carbocycles. The Morgan fingerprint density at radius 1 is 1.06 bits per heavy atom. The highest BCUT2D eigenvalue weighted by Gasteiger charge is 2.26. The lowest BCUT2D eigenvalue weighted by atomic mass is 10.0. The van der Waals surface area contributed by atoms with Crippen LogP contribution in [0.15, 0.2) is 42.5 Å². The molecule has 0 saturated heterocycles. The van der Waals surface area contributed by atoms with E-state index in [1.165, 1.54) is 16.2 Å². The van der Waals surface area contributed by atoms with Crippen molar-refractivity contribution in [2.24, 2.45) is 0 Å². The molecule has 7 heteroatoms. The van der Waals surface area contributed by atoms with E-state index in [9.17, 15) is 9.59 Å². The Morgan fingerprint density at radius 3 is 2.69 bits per heavy atom. The number of hydrogen-bond donors (Lipinski definition) is 2. The molecule has 1 heterocycles. The average Bonchev–Trinajstić information content (AvgIpc) is 2.94. The van der Waals surface area contributed by atoms with E-state index in [4.69, 9.17) is 17.0 Å². The van der Waals surface area contributed by atoms with Crippen molar-refractivity contribution in [2.75, 3.05) is 11.9 Å². The lowest BCUT2D eigenvalue weighted by Gasteiger charge is -2.12. The quantitative estimate of drug-likeness (QED) is 0.299. The van der Waals surface area contributed by atoms with Gasteiger partial charge in [-0.3, -0.25) is 4.79 Å². The minimum absolute atomic E-state index is 0.192. The smallest absolute Gasteiger partial charge is 0.341 e. The fraction of sp³-hybridized carbons (Fsp3) is 0.320. The van der Waals surface area contributed by atoms with Gasteiger partial charge in [0.2, 0.25) is 5.91 Å². The molecular weight excluding hydrogens is 440 g/mol. The van der Waals surface area contributed by atoms with Gasteiger partial charge in [0, 0.05) is 4.88 Å². The summed E-state index contributed by atoms with van der Waals surface area (Å²) in [5, 5.41) is 8.86. The summed E-state index contributed by atoms with van der Waals surface area (Å²) in [5.74, 6) is -0.533. The molecule has 3 aromatic rings. The summed E-state index contributed by atoms with van der Waals surface area (Å²) < 4.78 is 5.31. The second kappa shape index (κ2) is 10.2. The molecule has 5 nitrogen and oxygen atoms in total. The number of nitrogens with one attached hydrogen (secondary N) is 2. The third-order valence-corrected chi connectivity index (χ3v) is 7.02. The summed E-state index contributed by atoms with van der Waals surface area (Å²) in [6, 6.07) is 13.9. The van der Waals surface area contributed by atoms with E-state index in [-0.39, 0.29) is 23.4 Å². The Labute approximate surface area is 197 Å². The average molecular weight is 467 g/mol. The normalized spacial score (nSPS) is 13.2. The Bertz CT molecular complexity index is 1160. The summed E-state index contributed by atoms with van der Waals surface area (Å²) in [5.41, 5.74) is 2.58. The van der Waals surface area contributed by atoms with E-state index < -0.39 is 0 Å². The minimum atomic E-state index is -0.334. The maximum Gasteiger partial charge on any atom is 0.341 e. The standard InChI is InChI=1S/C25H26N2O3S2/c1-2-30-24(29)22-19-13-4-3-5-14-20(19)32-23(22)27-25(31)26-21(28)15-17-11-8-10-16-9-6-7-12-18(16)17/h6-12H,2-5,13-15H2,1H3,(H2,26,27,28,31). The van der Waals surface area contributed by atoms with Crippen molar-refractivity contribution in [3.05, 3.63) is 64.0 Å². The number of hydrogen-bond acceptors (Lipinski definition) is 5. The number of amides is 1. The van der Waals surface area contributed by atoms with Gasteiger partial charge in [-0.05, 0) is 66.7 Å². The van der Waals surface area contributed by atoms with E-state index in [0.717, 1.165) is 54.0 Å². The van der Waals surface area contributed by atoms with Crippen LogP contribution in [0.2, 0.25) is 0 Å². The number of ether oxygens (including phenoxy) is 1. The SMILES string of the molecule is CCOC(=O)c1c(NC(=S)NC(=O)Cc2cccc3ccccc23)sc2c1CCCCC2. The van der Waals surface area contributed by atoms with Crippen molar-refractivity contribution in [3.8, 4) is 0 Å². The second-order valence-electron chi connectivity index (χ2n) is 7.81. The molecule has 166 valence electrons. The third kappa shape index (κ3) is 5.00. The first-order valence-electron chi connectivity index (χ1n) is 11.0. The molecule has 0 fully saturated rings. The van der Waals surface area contributed by atoms with Crippen LogP contribution in [0.1, 0.15) is 52.5 Å². The summed E-state index contributed by atoms with van der Waals surface area (Å²) in [4.78, 5) is 26.6. The van der Waals surface area contributed by atoms with Crippen LogP contribution in [0.3, 0.4) is 0 Å². The number of esters is 1. The summed E-state index contributed by atoms with van der Waals surface area (Å²) >= 11 is 6.95. The lowest BCUT2D eigenvalue weighted by Crippen LogP contribution is -2.35. The van der Waals surface area contributed by atoms with Gasteiger partial charge < -0.3 is 15.4 Å². The molecule has 0 radical (unpaired) electrons.